The normalized spacial score (nSPS) is 25.0. The molecule has 6 heteroatoms. The number of amides is 1. The lowest BCUT2D eigenvalue weighted by Gasteiger charge is -2.45. The van der Waals surface area contributed by atoms with Crippen molar-refractivity contribution < 1.29 is 15.0 Å². The second-order valence-corrected chi connectivity index (χ2v) is 6.05. The van der Waals surface area contributed by atoms with E-state index in [4.69, 9.17) is 5.26 Å². The van der Waals surface area contributed by atoms with Gasteiger partial charge < -0.3 is 20.0 Å². The summed E-state index contributed by atoms with van der Waals surface area (Å²) in [7, 11) is 3.79. The molecule has 2 rings (SSSR count). The number of aliphatic hydroxyl groups is 1. The predicted molar refractivity (Wildman–Crippen MR) is 81.3 cm³/mol. The zero-order chi connectivity index (χ0) is 16.3. The number of rotatable bonds is 3. The van der Waals surface area contributed by atoms with Crippen molar-refractivity contribution in [3.63, 3.8) is 0 Å². The maximum absolute atomic E-state index is 11.2. The van der Waals surface area contributed by atoms with Gasteiger partial charge in [0.2, 0.25) is 0 Å². The lowest BCUT2D eigenvalue weighted by molar-refractivity contribution is -0.0789. The first kappa shape index (κ1) is 16.3. The van der Waals surface area contributed by atoms with E-state index in [2.05, 4.69) is 6.07 Å². The summed E-state index contributed by atoms with van der Waals surface area (Å²) >= 11 is 0. The Bertz CT molecular complexity index is 597. The van der Waals surface area contributed by atoms with Crippen LogP contribution in [0.5, 0.6) is 0 Å². The smallest absolute Gasteiger partial charge is 0.407 e. The van der Waals surface area contributed by atoms with E-state index in [0.29, 0.717) is 24.1 Å². The van der Waals surface area contributed by atoms with Crippen molar-refractivity contribution in [3.05, 3.63) is 35.4 Å². The third-order valence-corrected chi connectivity index (χ3v) is 4.23. The average molecular weight is 303 g/mol. The van der Waals surface area contributed by atoms with Crippen LogP contribution in [-0.2, 0) is 5.60 Å². The van der Waals surface area contributed by atoms with Gasteiger partial charge in [-0.2, -0.15) is 5.26 Å². The number of benzene rings is 1. The molecular weight excluding hydrogens is 282 g/mol. The van der Waals surface area contributed by atoms with Crippen LogP contribution in [0.2, 0.25) is 0 Å². The molecule has 1 heterocycles. The van der Waals surface area contributed by atoms with Crippen LogP contribution in [0.25, 0.3) is 0 Å². The Morgan fingerprint density at radius 2 is 2.27 bits per heavy atom. The molecule has 1 aliphatic rings. The van der Waals surface area contributed by atoms with Gasteiger partial charge in [-0.05, 0) is 38.2 Å². The number of hydrogen-bond donors (Lipinski definition) is 2. The molecule has 2 N–H and O–H groups in total. The number of piperidine rings is 1. The van der Waals surface area contributed by atoms with Gasteiger partial charge in [0, 0.05) is 25.6 Å². The molecule has 0 radical (unpaired) electrons. The highest BCUT2D eigenvalue weighted by Crippen LogP contribution is 2.38. The third kappa shape index (κ3) is 3.21. The fourth-order valence-corrected chi connectivity index (χ4v) is 3.08. The van der Waals surface area contributed by atoms with Gasteiger partial charge >= 0.3 is 6.09 Å². The minimum atomic E-state index is -1.12. The third-order valence-electron chi connectivity index (χ3n) is 4.23. The van der Waals surface area contributed by atoms with Crippen LogP contribution >= 0.6 is 0 Å². The van der Waals surface area contributed by atoms with E-state index in [0.717, 1.165) is 0 Å². The van der Waals surface area contributed by atoms with Crippen molar-refractivity contribution in [2.75, 3.05) is 33.7 Å². The van der Waals surface area contributed by atoms with Crippen molar-refractivity contribution in [3.8, 4) is 6.07 Å². The predicted octanol–water partition coefficient (Wildman–Crippen LogP) is 1.31. The summed E-state index contributed by atoms with van der Waals surface area (Å²) in [4.78, 5) is 14.5. The highest BCUT2D eigenvalue weighted by molar-refractivity contribution is 5.65. The summed E-state index contributed by atoms with van der Waals surface area (Å²) in [6.07, 6.45) is -0.635. The van der Waals surface area contributed by atoms with E-state index in [1.807, 2.05) is 19.0 Å². The summed E-state index contributed by atoms with van der Waals surface area (Å²) in [6, 6.07) is 9.03. The largest absolute Gasteiger partial charge is 0.465 e. The minimum Gasteiger partial charge on any atom is -0.465 e. The molecule has 1 aromatic carbocycles. The van der Waals surface area contributed by atoms with E-state index in [9.17, 15) is 15.0 Å². The molecule has 6 nitrogen and oxygen atoms in total. The van der Waals surface area contributed by atoms with Crippen LogP contribution < -0.4 is 0 Å². The standard InChI is InChI=1S/C16H21N3O3/c1-18(2)10-14-11-19(15(20)21)7-6-16(14,22)13-5-3-4-12(8-13)9-17/h3-5,8,14,22H,6-7,10-11H2,1-2H3,(H,20,21)/t14-,16-/m1/s1. The molecule has 1 amide bonds. The van der Waals surface area contributed by atoms with Gasteiger partial charge in [-0.1, -0.05) is 12.1 Å². The van der Waals surface area contributed by atoms with Gasteiger partial charge in [-0.15, -0.1) is 0 Å². The maximum Gasteiger partial charge on any atom is 0.407 e. The van der Waals surface area contributed by atoms with Gasteiger partial charge in [-0.25, -0.2) is 4.79 Å². The van der Waals surface area contributed by atoms with Crippen molar-refractivity contribution in [2.45, 2.75) is 12.0 Å². The average Bonchev–Trinajstić information content (AvgIpc) is 2.49. The van der Waals surface area contributed by atoms with Crippen LogP contribution in [0, 0.1) is 17.2 Å². The molecule has 118 valence electrons. The second kappa shape index (κ2) is 6.34. The number of hydrogen-bond acceptors (Lipinski definition) is 4. The first-order chi connectivity index (χ1) is 10.4. The van der Waals surface area contributed by atoms with Gasteiger partial charge in [0.25, 0.3) is 0 Å². The van der Waals surface area contributed by atoms with E-state index in [1.54, 1.807) is 24.3 Å². The quantitative estimate of drug-likeness (QED) is 0.879. The Morgan fingerprint density at radius 1 is 1.55 bits per heavy atom. The summed E-state index contributed by atoms with van der Waals surface area (Å²) in [5.41, 5.74) is 0.0573. The summed E-state index contributed by atoms with van der Waals surface area (Å²) < 4.78 is 0. The van der Waals surface area contributed by atoms with Crippen LogP contribution in [0.3, 0.4) is 0 Å². The molecule has 0 aromatic heterocycles. The summed E-state index contributed by atoms with van der Waals surface area (Å²) in [5, 5.41) is 29.5. The van der Waals surface area contributed by atoms with Crippen LogP contribution in [0.15, 0.2) is 24.3 Å². The Morgan fingerprint density at radius 3 is 2.86 bits per heavy atom. The van der Waals surface area contributed by atoms with Gasteiger partial charge in [0.15, 0.2) is 0 Å². The number of carboxylic acid groups (broad SMARTS) is 1. The first-order valence-corrected chi connectivity index (χ1v) is 7.22. The zero-order valence-corrected chi connectivity index (χ0v) is 12.9. The molecule has 0 unspecified atom stereocenters. The van der Waals surface area contributed by atoms with Crippen molar-refractivity contribution in [1.82, 2.24) is 9.80 Å². The highest BCUT2D eigenvalue weighted by atomic mass is 16.4. The van der Waals surface area contributed by atoms with E-state index < -0.39 is 11.7 Å². The van der Waals surface area contributed by atoms with Crippen molar-refractivity contribution >= 4 is 6.09 Å². The summed E-state index contributed by atoms with van der Waals surface area (Å²) in [6.45, 7) is 1.13. The lowest BCUT2D eigenvalue weighted by atomic mass is 9.75. The molecule has 0 saturated carbocycles. The topological polar surface area (TPSA) is 87.8 Å². The number of carbonyl (C=O) groups is 1. The zero-order valence-electron chi connectivity index (χ0n) is 12.9. The molecule has 0 bridgehead atoms. The van der Waals surface area contributed by atoms with E-state index in [-0.39, 0.29) is 19.0 Å². The molecule has 0 aliphatic carbocycles. The van der Waals surface area contributed by atoms with E-state index >= 15 is 0 Å². The van der Waals surface area contributed by atoms with Gasteiger partial charge in [-0.3, -0.25) is 0 Å². The molecule has 0 spiro atoms. The van der Waals surface area contributed by atoms with Crippen LogP contribution in [0.1, 0.15) is 17.5 Å². The Kier molecular flexibility index (Phi) is 4.69. The monoisotopic (exact) mass is 303 g/mol. The van der Waals surface area contributed by atoms with Crippen molar-refractivity contribution in [1.29, 1.82) is 5.26 Å². The number of nitriles is 1. The minimum absolute atomic E-state index is 0.249. The molecular formula is C16H21N3O3. The number of likely N-dealkylation sites (tertiary alicyclic amines) is 1. The molecule has 2 atom stereocenters. The molecule has 1 fully saturated rings. The number of nitrogens with zero attached hydrogens (tertiary/aromatic N) is 3. The van der Waals surface area contributed by atoms with E-state index in [1.165, 1.54) is 4.90 Å². The molecule has 1 aromatic rings. The second-order valence-electron chi connectivity index (χ2n) is 6.05. The van der Waals surface area contributed by atoms with Crippen molar-refractivity contribution in [2.24, 2.45) is 5.92 Å². The molecule has 22 heavy (non-hydrogen) atoms. The van der Waals surface area contributed by atoms with Gasteiger partial charge in [0.1, 0.15) is 0 Å². The van der Waals surface area contributed by atoms with Crippen LogP contribution in [0.4, 0.5) is 4.79 Å². The first-order valence-electron chi connectivity index (χ1n) is 7.22. The Hall–Kier alpha value is -2.10. The Labute approximate surface area is 130 Å². The maximum atomic E-state index is 11.2. The highest BCUT2D eigenvalue weighted by Gasteiger charge is 2.44. The Balaban J connectivity index is 2.36. The molecule has 1 saturated heterocycles. The van der Waals surface area contributed by atoms with Gasteiger partial charge in [0.05, 0.1) is 17.2 Å². The fraction of sp³-hybridized carbons (Fsp3) is 0.500. The molecule has 1 aliphatic heterocycles. The van der Waals surface area contributed by atoms with Crippen LogP contribution in [-0.4, -0.2) is 59.8 Å². The summed E-state index contributed by atoms with van der Waals surface area (Å²) in [5.74, 6) is -0.249. The fourth-order valence-electron chi connectivity index (χ4n) is 3.08. The SMILES string of the molecule is CN(C)C[C@@H]1CN(C(=O)O)CC[C@@]1(O)c1cccc(C#N)c1. The lowest BCUT2D eigenvalue weighted by Crippen LogP contribution is -2.54.